The molecule has 0 aliphatic rings. The normalized spacial score (nSPS) is 10.3. The van der Waals surface area contributed by atoms with Gasteiger partial charge in [-0.2, -0.15) is 0 Å². The number of methoxy groups -OCH3 is 1. The van der Waals surface area contributed by atoms with Gasteiger partial charge in [0.1, 0.15) is 17.4 Å². The molecule has 2 aromatic carbocycles. The van der Waals surface area contributed by atoms with Crippen molar-refractivity contribution in [2.24, 2.45) is 0 Å². The van der Waals surface area contributed by atoms with Gasteiger partial charge in [0.15, 0.2) is 0 Å². The van der Waals surface area contributed by atoms with E-state index in [1.54, 1.807) is 12.1 Å². The molecular formula is C14H11BrF2N2O2. The summed E-state index contributed by atoms with van der Waals surface area (Å²) in [5, 5.41) is 2.33. The van der Waals surface area contributed by atoms with Crippen LogP contribution in [0, 0.1) is 11.6 Å². The monoisotopic (exact) mass is 356 g/mol. The van der Waals surface area contributed by atoms with Crippen LogP contribution in [0.15, 0.2) is 34.8 Å². The molecule has 110 valence electrons. The average molecular weight is 357 g/mol. The Morgan fingerprint density at radius 3 is 2.62 bits per heavy atom. The second kappa shape index (κ2) is 6.09. The molecule has 21 heavy (non-hydrogen) atoms. The van der Waals surface area contributed by atoms with Crippen molar-refractivity contribution in [2.75, 3.05) is 18.2 Å². The lowest BCUT2D eigenvalue weighted by Crippen LogP contribution is -2.14. The number of nitrogens with one attached hydrogen (secondary N) is 1. The van der Waals surface area contributed by atoms with E-state index in [0.717, 1.165) is 10.5 Å². The number of halogens is 3. The highest BCUT2D eigenvalue weighted by Gasteiger charge is 2.16. The fourth-order valence-corrected chi connectivity index (χ4v) is 2.04. The van der Waals surface area contributed by atoms with E-state index in [0.29, 0.717) is 11.8 Å². The fourth-order valence-electron chi connectivity index (χ4n) is 1.70. The third-order valence-electron chi connectivity index (χ3n) is 2.74. The first-order valence-electron chi connectivity index (χ1n) is 5.81. The Morgan fingerprint density at radius 2 is 1.95 bits per heavy atom. The fraction of sp³-hybridized carbons (Fsp3) is 0.0714. The van der Waals surface area contributed by atoms with E-state index in [4.69, 9.17) is 10.5 Å². The highest BCUT2D eigenvalue weighted by atomic mass is 79.9. The van der Waals surface area contributed by atoms with E-state index in [2.05, 4.69) is 21.2 Å². The first-order valence-corrected chi connectivity index (χ1v) is 6.61. The number of hydrogen-bond donors (Lipinski definition) is 2. The van der Waals surface area contributed by atoms with Crippen molar-refractivity contribution in [1.82, 2.24) is 0 Å². The Labute approximate surface area is 128 Å². The van der Waals surface area contributed by atoms with E-state index in [1.165, 1.54) is 13.2 Å². The molecule has 0 aliphatic heterocycles. The predicted molar refractivity (Wildman–Crippen MR) is 79.4 cm³/mol. The van der Waals surface area contributed by atoms with Crippen LogP contribution in [0.5, 0.6) is 5.75 Å². The highest BCUT2D eigenvalue weighted by Crippen LogP contribution is 2.26. The Morgan fingerprint density at radius 1 is 1.24 bits per heavy atom. The van der Waals surface area contributed by atoms with Crippen molar-refractivity contribution >= 4 is 33.2 Å². The molecule has 0 spiro atoms. The van der Waals surface area contributed by atoms with Gasteiger partial charge in [-0.1, -0.05) is 15.9 Å². The number of nitrogen functional groups attached to an aromatic ring is 1. The van der Waals surface area contributed by atoms with E-state index < -0.39 is 17.5 Å². The number of carbonyl (C=O) groups is 1. The Kier molecular flexibility index (Phi) is 4.42. The summed E-state index contributed by atoms with van der Waals surface area (Å²) in [6.45, 7) is 0. The maximum absolute atomic E-state index is 13.6. The third kappa shape index (κ3) is 3.30. The van der Waals surface area contributed by atoms with Gasteiger partial charge in [0.05, 0.1) is 24.0 Å². The largest absolute Gasteiger partial charge is 0.496 e. The van der Waals surface area contributed by atoms with Crippen LogP contribution in [-0.4, -0.2) is 13.0 Å². The van der Waals surface area contributed by atoms with Gasteiger partial charge in [0, 0.05) is 10.5 Å². The summed E-state index contributed by atoms with van der Waals surface area (Å²) in [4.78, 5) is 12.1. The van der Waals surface area contributed by atoms with Gasteiger partial charge in [0.2, 0.25) is 0 Å². The van der Waals surface area contributed by atoms with Crippen LogP contribution in [0.25, 0.3) is 0 Å². The first-order chi connectivity index (χ1) is 9.92. The number of carbonyl (C=O) groups excluding carboxylic acids is 1. The standard InChI is InChI=1S/C14H11BrF2N2O2/c1-21-13-4-7(15)2-3-8(13)14(20)19-12-6-11(18)9(16)5-10(12)17/h2-6H,18H2,1H3,(H,19,20). The number of hydrogen-bond acceptors (Lipinski definition) is 3. The summed E-state index contributed by atoms with van der Waals surface area (Å²) in [5.41, 5.74) is 5.11. The smallest absolute Gasteiger partial charge is 0.259 e. The van der Waals surface area contributed by atoms with E-state index in [-0.39, 0.29) is 16.9 Å². The minimum atomic E-state index is -0.911. The zero-order valence-corrected chi connectivity index (χ0v) is 12.5. The number of nitrogens with two attached hydrogens (primary N) is 1. The summed E-state index contributed by atoms with van der Waals surface area (Å²) in [5.74, 6) is -2.07. The zero-order chi connectivity index (χ0) is 15.6. The third-order valence-corrected chi connectivity index (χ3v) is 3.24. The number of ether oxygens (including phenoxy) is 1. The maximum atomic E-state index is 13.6. The van der Waals surface area contributed by atoms with Crippen molar-refractivity contribution in [3.8, 4) is 5.75 Å². The van der Waals surface area contributed by atoms with Crippen LogP contribution in [0.3, 0.4) is 0 Å². The second-order valence-corrected chi connectivity index (χ2v) is 5.07. The van der Waals surface area contributed by atoms with Gasteiger partial charge < -0.3 is 15.8 Å². The van der Waals surface area contributed by atoms with Crippen LogP contribution in [-0.2, 0) is 0 Å². The Balaban J connectivity index is 2.32. The molecule has 0 bridgehead atoms. The molecule has 7 heteroatoms. The number of anilines is 2. The quantitative estimate of drug-likeness (QED) is 0.826. The van der Waals surface area contributed by atoms with Gasteiger partial charge >= 0.3 is 0 Å². The molecule has 2 rings (SSSR count). The lowest BCUT2D eigenvalue weighted by atomic mass is 10.1. The van der Waals surface area contributed by atoms with E-state index >= 15 is 0 Å². The molecule has 0 radical (unpaired) electrons. The number of amides is 1. The Bertz CT molecular complexity index is 708. The minimum absolute atomic E-state index is 0.205. The first kappa shape index (κ1) is 15.2. The van der Waals surface area contributed by atoms with E-state index in [9.17, 15) is 13.6 Å². The lowest BCUT2D eigenvalue weighted by molar-refractivity contribution is 0.102. The summed E-state index contributed by atoms with van der Waals surface area (Å²) in [6, 6.07) is 6.40. The molecule has 3 N–H and O–H groups in total. The van der Waals surface area contributed by atoms with Crippen molar-refractivity contribution in [1.29, 1.82) is 0 Å². The van der Waals surface area contributed by atoms with Crippen molar-refractivity contribution in [3.05, 3.63) is 52.0 Å². The highest BCUT2D eigenvalue weighted by molar-refractivity contribution is 9.10. The molecular weight excluding hydrogens is 346 g/mol. The number of rotatable bonds is 3. The van der Waals surface area contributed by atoms with Gasteiger partial charge in [0.25, 0.3) is 5.91 Å². The molecule has 2 aromatic rings. The molecule has 0 saturated heterocycles. The van der Waals surface area contributed by atoms with Crippen LogP contribution in [0.4, 0.5) is 20.2 Å². The summed E-state index contributed by atoms with van der Waals surface area (Å²) < 4.78 is 32.5. The molecule has 0 atom stereocenters. The second-order valence-electron chi connectivity index (χ2n) is 4.15. The maximum Gasteiger partial charge on any atom is 0.259 e. The molecule has 1 amide bonds. The summed E-state index contributed by atoms with van der Waals surface area (Å²) in [7, 11) is 1.41. The molecule has 0 unspecified atom stereocenters. The average Bonchev–Trinajstić information content (AvgIpc) is 2.44. The van der Waals surface area contributed by atoms with Crippen molar-refractivity contribution < 1.29 is 18.3 Å². The van der Waals surface area contributed by atoms with Gasteiger partial charge in [-0.25, -0.2) is 8.78 Å². The lowest BCUT2D eigenvalue weighted by Gasteiger charge is -2.11. The minimum Gasteiger partial charge on any atom is -0.496 e. The van der Waals surface area contributed by atoms with Gasteiger partial charge in [-0.3, -0.25) is 4.79 Å². The summed E-state index contributed by atoms with van der Waals surface area (Å²) >= 11 is 3.25. The topological polar surface area (TPSA) is 64.3 Å². The molecule has 0 aliphatic carbocycles. The van der Waals surface area contributed by atoms with Crippen LogP contribution in [0.2, 0.25) is 0 Å². The predicted octanol–water partition coefficient (Wildman–Crippen LogP) is 3.57. The van der Waals surface area contributed by atoms with Crippen LogP contribution in [0.1, 0.15) is 10.4 Å². The zero-order valence-electron chi connectivity index (χ0n) is 10.9. The molecule has 0 heterocycles. The van der Waals surface area contributed by atoms with Crippen molar-refractivity contribution in [2.45, 2.75) is 0 Å². The van der Waals surface area contributed by atoms with E-state index in [1.807, 2.05) is 0 Å². The van der Waals surface area contributed by atoms with Crippen molar-refractivity contribution in [3.63, 3.8) is 0 Å². The Hall–Kier alpha value is -2.15. The SMILES string of the molecule is COc1cc(Br)ccc1C(=O)Nc1cc(N)c(F)cc1F. The van der Waals surface area contributed by atoms with Crippen LogP contribution >= 0.6 is 15.9 Å². The van der Waals surface area contributed by atoms with Gasteiger partial charge in [-0.15, -0.1) is 0 Å². The molecule has 0 fully saturated rings. The van der Waals surface area contributed by atoms with Gasteiger partial charge in [-0.05, 0) is 24.3 Å². The molecule has 0 aromatic heterocycles. The molecule has 4 nitrogen and oxygen atoms in total. The van der Waals surface area contributed by atoms with Crippen LogP contribution < -0.4 is 15.8 Å². The number of benzene rings is 2. The molecule has 0 saturated carbocycles. The summed E-state index contributed by atoms with van der Waals surface area (Å²) in [6.07, 6.45) is 0.